The van der Waals surface area contributed by atoms with Crippen LogP contribution in [0, 0.1) is 0 Å². The minimum atomic E-state index is -2.46. The van der Waals surface area contributed by atoms with Gasteiger partial charge in [0, 0.05) is 6.04 Å². The Morgan fingerprint density at radius 3 is 1.85 bits per heavy atom. The second-order valence-electron chi connectivity index (χ2n) is 6.21. The molecule has 0 bridgehead atoms. The van der Waals surface area contributed by atoms with Crippen molar-refractivity contribution in [2.75, 3.05) is 0 Å². The van der Waals surface area contributed by atoms with Crippen LogP contribution in [0.5, 0.6) is 0 Å². The van der Waals surface area contributed by atoms with E-state index in [1.807, 2.05) is 0 Å². The lowest BCUT2D eigenvalue weighted by atomic mass is 10.0. The van der Waals surface area contributed by atoms with E-state index in [0.717, 1.165) is 38.5 Å². The zero-order chi connectivity index (χ0) is 15.2. The molecule has 0 amide bonds. The number of unbranched alkanes of at least 4 members (excludes halogenated alkanes) is 5. The highest BCUT2D eigenvalue weighted by molar-refractivity contribution is 6.43. The van der Waals surface area contributed by atoms with Crippen LogP contribution in [0.25, 0.3) is 0 Å². The van der Waals surface area contributed by atoms with Crippen molar-refractivity contribution in [3.63, 3.8) is 0 Å². The topological polar surface area (TPSA) is 66.5 Å². The van der Waals surface area contributed by atoms with Crippen molar-refractivity contribution in [3.05, 3.63) is 0 Å². The van der Waals surface area contributed by atoms with Gasteiger partial charge in [-0.25, -0.2) is 0 Å². The van der Waals surface area contributed by atoms with Gasteiger partial charge in [0.1, 0.15) is 0 Å². The molecule has 0 aliphatic heterocycles. The van der Waals surface area contributed by atoms with Crippen molar-refractivity contribution in [1.82, 2.24) is 0 Å². The van der Waals surface area contributed by atoms with E-state index in [9.17, 15) is 9.59 Å². The van der Waals surface area contributed by atoms with Gasteiger partial charge in [0.05, 0.1) is 0 Å². The summed E-state index contributed by atoms with van der Waals surface area (Å²) in [5.41, 5.74) is 6.30. The minimum absolute atomic E-state index is 0.175. The smallest absolute Gasteiger partial charge is 0.319 e. The lowest BCUT2D eigenvalue weighted by Crippen LogP contribution is -2.23. The molecule has 20 heavy (non-hydrogen) atoms. The molecular formula is C16H37NO2Si. The molecule has 4 heteroatoms. The van der Waals surface area contributed by atoms with E-state index in [2.05, 4.69) is 13.8 Å². The lowest BCUT2D eigenvalue weighted by molar-refractivity contribution is 0.363. The third kappa shape index (κ3) is 11.9. The van der Waals surface area contributed by atoms with Gasteiger partial charge in [0.25, 0.3) is 0 Å². The molecule has 0 aliphatic rings. The van der Waals surface area contributed by atoms with Crippen LogP contribution in [0.3, 0.4) is 0 Å². The molecule has 2 unspecified atom stereocenters. The Bertz CT molecular complexity index is 203. The van der Waals surface area contributed by atoms with Gasteiger partial charge in [-0.15, -0.1) is 0 Å². The van der Waals surface area contributed by atoms with Crippen LogP contribution in [0.1, 0.15) is 90.9 Å². The molecular weight excluding hydrogens is 266 g/mol. The Morgan fingerprint density at radius 2 is 1.25 bits per heavy atom. The highest BCUT2D eigenvalue weighted by Gasteiger charge is 2.19. The first-order valence-corrected chi connectivity index (χ1v) is 10.4. The van der Waals surface area contributed by atoms with Crippen LogP contribution in [-0.4, -0.2) is 24.9 Å². The van der Waals surface area contributed by atoms with Crippen molar-refractivity contribution >= 4 is 9.28 Å². The molecule has 0 aromatic rings. The van der Waals surface area contributed by atoms with E-state index < -0.39 is 9.28 Å². The largest absolute Gasteiger partial charge is 0.413 e. The molecule has 0 spiro atoms. The Labute approximate surface area is 127 Å². The summed E-state index contributed by atoms with van der Waals surface area (Å²) in [4.78, 5) is 19.1. The van der Waals surface area contributed by atoms with Crippen LogP contribution in [0.4, 0.5) is 0 Å². The van der Waals surface area contributed by atoms with E-state index in [1.54, 1.807) is 0 Å². The van der Waals surface area contributed by atoms with Gasteiger partial charge in [-0.2, -0.15) is 0 Å². The Hall–Kier alpha value is 0.0969. The maximum atomic E-state index is 9.54. The molecule has 3 nitrogen and oxygen atoms in total. The van der Waals surface area contributed by atoms with Gasteiger partial charge < -0.3 is 15.3 Å². The van der Waals surface area contributed by atoms with Crippen molar-refractivity contribution in [3.8, 4) is 0 Å². The second-order valence-corrected chi connectivity index (χ2v) is 7.98. The van der Waals surface area contributed by atoms with Crippen molar-refractivity contribution in [2.24, 2.45) is 5.73 Å². The SMILES string of the molecule is CCCCCCC(N)CCCC(CCCCC)[SiH](O)O. The summed E-state index contributed by atoms with van der Waals surface area (Å²) in [6.07, 6.45) is 13.8. The standard InChI is InChI=1S/C16H37NO2Si/c1-3-5-7-9-11-15(17)12-10-14-16(20(18)19)13-8-6-4-2/h15-16,18-20H,3-14,17H2,1-2H3. The van der Waals surface area contributed by atoms with Gasteiger partial charge in [-0.1, -0.05) is 65.2 Å². The first-order chi connectivity index (χ1) is 9.61. The molecule has 0 aliphatic carbocycles. The molecule has 4 N–H and O–H groups in total. The molecule has 0 fully saturated rings. The van der Waals surface area contributed by atoms with Crippen LogP contribution in [0.15, 0.2) is 0 Å². The number of hydrogen-bond donors (Lipinski definition) is 3. The van der Waals surface area contributed by atoms with Crippen molar-refractivity contribution in [2.45, 2.75) is 102 Å². The highest BCUT2D eigenvalue weighted by atomic mass is 28.3. The van der Waals surface area contributed by atoms with Crippen LogP contribution >= 0.6 is 0 Å². The number of hydrogen-bond acceptors (Lipinski definition) is 3. The van der Waals surface area contributed by atoms with E-state index in [1.165, 1.54) is 38.5 Å². The fourth-order valence-corrected chi connectivity index (χ4v) is 3.79. The molecule has 0 aromatic heterocycles. The summed E-state index contributed by atoms with van der Waals surface area (Å²) in [7, 11) is -2.46. The molecule has 0 saturated heterocycles. The molecule has 0 aromatic carbocycles. The lowest BCUT2D eigenvalue weighted by Gasteiger charge is -2.18. The Kier molecular flexibility index (Phi) is 14.1. The van der Waals surface area contributed by atoms with E-state index >= 15 is 0 Å². The third-order valence-corrected chi connectivity index (χ3v) is 5.69. The van der Waals surface area contributed by atoms with Crippen LogP contribution < -0.4 is 5.73 Å². The van der Waals surface area contributed by atoms with Crippen molar-refractivity contribution < 1.29 is 9.59 Å². The Balaban J connectivity index is 3.65. The zero-order valence-electron chi connectivity index (χ0n) is 13.7. The fourth-order valence-electron chi connectivity index (χ4n) is 2.72. The zero-order valence-corrected chi connectivity index (χ0v) is 14.8. The van der Waals surface area contributed by atoms with Gasteiger partial charge in [-0.3, -0.25) is 0 Å². The summed E-state index contributed by atoms with van der Waals surface area (Å²) in [6.45, 7) is 4.40. The first-order valence-electron chi connectivity index (χ1n) is 8.73. The fraction of sp³-hybridized carbons (Fsp3) is 1.00. The summed E-state index contributed by atoms with van der Waals surface area (Å²) in [5, 5.41) is 0. The summed E-state index contributed by atoms with van der Waals surface area (Å²) >= 11 is 0. The van der Waals surface area contributed by atoms with E-state index in [0.29, 0.717) is 6.04 Å². The highest BCUT2D eigenvalue weighted by Crippen LogP contribution is 2.24. The maximum absolute atomic E-state index is 9.54. The molecule has 0 radical (unpaired) electrons. The average molecular weight is 304 g/mol. The van der Waals surface area contributed by atoms with Crippen LogP contribution in [0.2, 0.25) is 5.54 Å². The summed E-state index contributed by atoms with van der Waals surface area (Å²) in [6, 6.07) is 0.306. The number of nitrogens with two attached hydrogens (primary N) is 1. The molecule has 0 rings (SSSR count). The number of rotatable bonds is 14. The maximum Gasteiger partial charge on any atom is 0.319 e. The van der Waals surface area contributed by atoms with Gasteiger partial charge >= 0.3 is 9.28 Å². The molecule has 122 valence electrons. The quantitative estimate of drug-likeness (QED) is 0.339. The monoisotopic (exact) mass is 303 g/mol. The normalized spacial score (nSPS) is 14.7. The van der Waals surface area contributed by atoms with Gasteiger partial charge in [-0.05, 0) is 31.2 Å². The van der Waals surface area contributed by atoms with Crippen molar-refractivity contribution in [1.29, 1.82) is 0 Å². The predicted molar refractivity (Wildman–Crippen MR) is 90.1 cm³/mol. The van der Waals surface area contributed by atoms with E-state index in [-0.39, 0.29) is 5.54 Å². The Morgan fingerprint density at radius 1 is 0.750 bits per heavy atom. The first kappa shape index (κ1) is 20.1. The predicted octanol–water partition coefficient (Wildman–Crippen LogP) is 3.61. The van der Waals surface area contributed by atoms with Gasteiger partial charge in [0.2, 0.25) is 0 Å². The average Bonchev–Trinajstić information content (AvgIpc) is 2.42. The van der Waals surface area contributed by atoms with E-state index in [4.69, 9.17) is 5.73 Å². The van der Waals surface area contributed by atoms with Crippen LogP contribution in [-0.2, 0) is 0 Å². The summed E-state index contributed by atoms with van der Waals surface area (Å²) < 4.78 is 0. The molecule has 2 atom stereocenters. The minimum Gasteiger partial charge on any atom is -0.413 e. The third-order valence-electron chi connectivity index (χ3n) is 4.18. The van der Waals surface area contributed by atoms with Gasteiger partial charge in [0.15, 0.2) is 0 Å². The molecule has 0 heterocycles. The second kappa shape index (κ2) is 14.1. The molecule has 0 saturated carbocycles. The summed E-state index contributed by atoms with van der Waals surface area (Å²) in [5.74, 6) is 0.